The Morgan fingerprint density at radius 3 is 2.44 bits per heavy atom. The summed E-state index contributed by atoms with van der Waals surface area (Å²) in [5.41, 5.74) is 0.392. The van der Waals surface area contributed by atoms with E-state index in [4.69, 9.17) is 0 Å². The fourth-order valence-electron chi connectivity index (χ4n) is 1.65. The summed E-state index contributed by atoms with van der Waals surface area (Å²) < 4.78 is 35.8. The number of alkyl halides is 3. The van der Waals surface area contributed by atoms with Gasteiger partial charge in [-0.15, -0.1) is 4.91 Å². The Bertz CT molecular complexity index is 259. The average molecular weight is 237 g/mol. The van der Waals surface area contributed by atoms with Crippen molar-refractivity contribution in [1.29, 1.82) is 0 Å². The third kappa shape index (κ3) is 4.08. The van der Waals surface area contributed by atoms with Crippen molar-refractivity contribution >= 4 is 0 Å². The van der Waals surface area contributed by atoms with Crippen LogP contribution in [0.3, 0.4) is 0 Å². The standard InChI is InChI=1S/C9H14F3N3O/c1-7(13-6-9(10,11)12)8-2-4-15(14-16)5-3-8/h8,13H,1-6H2. The van der Waals surface area contributed by atoms with E-state index in [2.05, 4.69) is 17.2 Å². The van der Waals surface area contributed by atoms with Crippen LogP contribution >= 0.6 is 0 Å². The van der Waals surface area contributed by atoms with Gasteiger partial charge < -0.3 is 5.32 Å². The molecule has 1 aliphatic rings. The van der Waals surface area contributed by atoms with Crippen LogP contribution in [-0.2, 0) is 0 Å². The van der Waals surface area contributed by atoms with Gasteiger partial charge in [-0.25, -0.2) is 0 Å². The molecule has 0 spiro atoms. The SMILES string of the molecule is C=C(NCC(F)(F)F)C1CCN(N=O)CC1. The molecule has 1 saturated heterocycles. The van der Waals surface area contributed by atoms with Crippen molar-refractivity contribution in [1.82, 2.24) is 10.3 Å². The molecule has 0 aromatic rings. The van der Waals surface area contributed by atoms with Crippen LogP contribution in [0.15, 0.2) is 17.6 Å². The van der Waals surface area contributed by atoms with E-state index in [0.717, 1.165) is 0 Å². The summed E-state index contributed by atoms with van der Waals surface area (Å²) in [6.07, 6.45) is -3.02. The molecular formula is C9H14F3N3O. The van der Waals surface area contributed by atoms with Gasteiger partial charge in [0.25, 0.3) is 0 Å². The van der Waals surface area contributed by atoms with Crippen LogP contribution in [-0.4, -0.2) is 30.8 Å². The lowest BCUT2D eigenvalue weighted by Gasteiger charge is -2.29. The zero-order chi connectivity index (χ0) is 12.2. The minimum absolute atomic E-state index is 0.0136. The summed E-state index contributed by atoms with van der Waals surface area (Å²) in [5.74, 6) is -0.0136. The molecule has 0 aromatic carbocycles. The molecule has 0 aliphatic carbocycles. The lowest BCUT2D eigenvalue weighted by molar-refractivity contribution is -0.123. The third-order valence-electron chi connectivity index (χ3n) is 2.60. The van der Waals surface area contributed by atoms with Crippen molar-refractivity contribution in [3.8, 4) is 0 Å². The molecule has 1 heterocycles. The second kappa shape index (κ2) is 5.18. The van der Waals surface area contributed by atoms with E-state index in [1.54, 1.807) is 0 Å². The Balaban J connectivity index is 2.31. The number of rotatable bonds is 4. The first kappa shape index (κ1) is 12.8. The predicted octanol–water partition coefficient (Wildman–Crippen LogP) is 2.05. The number of nitrogens with zero attached hydrogens (tertiary/aromatic N) is 2. The molecule has 92 valence electrons. The van der Waals surface area contributed by atoms with Gasteiger partial charge in [0.1, 0.15) is 6.54 Å². The molecule has 1 aliphatic heterocycles. The predicted molar refractivity (Wildman–Crippen MR) is 53.3 cm³/mol. The molecule has 1 rings (SSSR count). The summed E-state index contributed by atoms with van der Waals surface area (Å²) in [6.45, 7) is 3.48. The van der Waals surface area contributed by atoms with E-state index in [9.17, 15) is 18.1 Å². The lowest BCUT2D eigenvalue weighted by atomic mass is 9.95. The summed E-state index contributed by atoms with van der Waals surface area (Å²) in [6, 6.07) is 0. The maximum atomic E-state index is 11.9. The number of nitrogens with one attached hydrogen (secondary N) is 1. The number of hydrogen-bond donors (Lipinski definition) is 1. The molecular weight excluding hydrogens is 223 g/mol. The number of allylic oxidation sites excluding steroid dienone is 1. The van der Waals surface area contributed by atoms with Gasteiger partial charge in [0.2, 0.25) is 0 Å². The van der Waals surface area contributed by atoms with E-state index in [1.807, 2.05) is 0 Å². The van der Waals surface area contributed by atoms with Crippen molar-refractivity contribution < 1.29 is 13.2 Å². The number of halogens is 3. The van der Waals surface area contributed by atoms with Crippen LogP contribution in [0.1, 0.15) is 12.8 Å². The summed E-state index contributed by atoms with van der Waals surface area (Å²) >= 11 is 0. The lowest BCUT2D eigenvalue weighted by Crippen LogP contribution is -2.35. The monoisotopic (exact) mass is 237 g/mol. The fourth-order valence-corrected chi connectivity index (χ4v) is 1.65. The highest BCUT2D eigenvalue weighted by molar-refractivity contribution is 5.00. The summed E-state index contributed by atoms with van der Waals surface area (Å²) in [4.78, 5) is 10.2. The van der Waals surface area contributed by atoms with Crippen LogP contribution < -0.4 is 5.32 Å². The van der Waals surface area contributed by atoms with Crippen LogP contribution in [0, 0.1) is 10.8 Å². The number of piperidine rings is 1. The minimum atomic E-state index is -4.23. The first-order valence-corrected chi connectivity index (χ1v) is 5.00. The molecule has 1 fully saturated rings. The molecule has 7 heteroatoms. The van der Waals surface area contributed by atoms with Gasteiger partial charge in [0.05, 0.1) is 5.29 Å². The molecule has 0 amide bonds. The van der Waals surface area contributed by atoms with Crippen molar-refractivity contribution in [3.63, 3.8) is 0 Å². The molecule has 4 nitrogen and oxygen atoms in total. The molecule has 0 radical (unpaired) electrons. The highest BCUT2D eigenvalue weighted by atomic mass is 19.4. The number of nitroso groups, excluding NO2 is 1. The van der Waals surface area contributed by atoms with Gasteiger partial charge in [0, 0.05) is 24.7 Å². The fraction of sp³-hybridized carbons (Fsp3) is 0.778. The second-order valence-corrected chi connectivity index (χ2v) is 3.80. The molecule has 0 aromatic heterocycles. The second-order valence-electron chi connectivity index (χ2n) is 3.80. The van der Waals surface area contributed by atoms with Gasteiger partial charge in [-0.1, -0.05) is 6.58 Å². The Morgan fingerprint density at radius 2 is 2.00 bits per heavy atom. The van der Waals surface area contributed by atoms with Gasteiger partial charge in [-0.2, -0.15) is 13.2 Å². The molecule has 0 atom stereocenters. The Labute approximate surface area is 91.4 Å². The minimum Gasteiger partial charge on any atom is -0.380 e. The van der Waals surface area contributed by atoms with E-state index in [1.165, 1.54) is 5.01 Å². The third-order valence-corrected chi connectivity index (χ3v) is 2.60. The molecule has 0 unspecified atom stereocenters. The van der Waals surface area contributed by atoms with Gasteiger partial charge in [-0.05, 0) is 12.8 Å². The van der Waals surface area contributed by atoms with E-state index in [-0.39, 0.29) is 5.92 Å². The maximum Gasteiger partial charge on any atom is 0.405 e. The van der Waals surface area contributed by atoms with Crippen molar-refractivity contribution in [2.75, 3.05) is 19.6 Å². The Hall–Kier alpha value is -1.27. The highest BCUT2D eigenvalue weighted by Gasteiger charge is 2.28. The normalized spacial score (nSPS) is 18.3. The highest BCUT2D eigenvalue weighted by Crippen LogP contribution is 2.23. The quantitative estimate of drug-likeness (QED) is 0.761. The largest absolute Gasteiger partial charge is 0.405 e. The van der Waals surface area contributed by atoms with Crippen molar-refractivity contribution in [2.24, 2.45) is 11.2 Å². The Kier molecular flexibility index (Phi) is 4.14. The van der Waals surface area contributed by atoms with Crippen LogP contribution in [0.2, 0.25) is 0 Å². The van der Waals surface area contributed by atoms with Crippen LogP contribution in [0.4, 0.5) is 13.2 Å². The van der Waals surface area contributed by atoms with E-state index < -0.39 is 12.7 Å². The molecule has 0 bridgehead atoms. The Morgan fingerprint density at radius 1 is 1.44 bits per heavy atom. The van der Waals surface area contributed by atoms with Crippen LogP contribution in [0.25, 0.3) is 0 Å². The maximum absolute atomic E-state index is 11.9. The summed E-state index contributed by atoms with van der Waals surface area (Å²) in [5, 5.41) is 6.43. The van der Waals surface area contributed by atoms with Crippen LogP contribution in [0.5, 0.6) is 0 Å². The summed E-state index contributed by atoms with van der Waals surface area (Å²) in [7, 11) is 0. The van der Waals surface area contributed by atoms with E-state index in [0.29, 0.717) is 31.6 Å². The van der Waals surface area contributed by atoms with Crippen molar-refractivity contribution in [2.45, 2.75) is 19.0 Å². The molecule has 16 heavy (non-hydrogen) atoms. The van der Waals surface area contributed by atoms with Gasteiger partial charge in [0.15, 0.2) is 0 Å². The van der Waals surface area contributed by atoms with Crippen molar-refractivity contribution in [3.05, 3.63) is 17.2 Å². The first-order chi connectivity index (χ1) is 7.42. The smallest absolute Gasteiger partial charge is 0.380 e. The molecule has 0 saturated carbocycles. The zero-order valence-corrected chi connectivity index (χ0v) is 8.76. The van der Waals surface area contributed by atoms with E-state index >= 15 is 0 Å². The van der Waals surface area contributed by atoms with Gasteiger partial charge >= 0.3 is 6.18 Å². The first-order valence-electron chi connectivity index (χ1n) is 5.00. The van der Waals surface area contributed by atoms with Gasteiger partial charge in [-0.3, -0.25) is 5.01 Å². The zero-order valence-electron chi connectivity index (χ0n) is 8.76. The number of hydrogen-bond acceptors (Lipinski definition) is 3. The average Bonchev–Trinajstić information content (AvgIpc) is 2.25. The topological polar surface area (TPSA) is 44.7 Å². The molecule has 1 N–H and O–H groups in total.